The second-order valence-corrected chi connectivity index (χ2v) is 5.89. The van der Waals surface area contributed by atoms with Crippen molar-refractivity contribution >= 4 is 37.5 Å². The van der Waals surface area contributed by atoms with E-state index >= 15 is 0 Å². The molecule has 100 valence electrons. The van der Waals surface area contributed by atoms with Gasteiger partial charge < -0.3 is 11.1 Å². The van der Waals surface area contributed by atoms with Gasteiger partial charge in [0.2, 0.25) is 0 Å². The monoisotopic (exact) mass is 386 g/mol. The number of hydrogen-bond donors (Lipinski definition) is 2. The van der Waals surface area contributed by atoms with Crippen molar-refractivity contribution in [1.82, 2.24) is 0 Å². The van der Waals surface area contributed by atoms with Crippen LogP contribution in [0.25, 0.3) is 0 Å². The van der Waals surface area contributed by atoms with Crippen molar-refractivity contribution in [1.29, 1.82) is 0 Å². The van der Waals surface area contributed by atoms with Gasteiger partial charge in [-0.05, 0) is 51.8 Å². The zero-order chi connectivity index (χ0) is 13.8. The van der Waals surface area contributed by atoms with Crippen molar-refractivity contribution in [3.05, 3.63) is 62.8 Å². The van der Waals surface area contributed by atoms with Crippen LogP contribution in [-0.4, -0.2) is 6.54 Å². The molecule has 2 rings (SSSR count). The number of nitrogens with one attached hydrogen (secondary N) is 1. The normalized spacial score (nSPS) is 12.2. The van der Waals surface area contributed by atoms with Crippen molar-refractivity contribution in [3.63, 3.8) is 0 Å². The second kappa shape index (κ2) is 6.50. The molecule has 2 aromatic rings. The third-order valence-electron chi connectivity index (χ3n) is 2.75. The summed E-state index contributed by atoms with van der Waals surface area (Å²) in [5, 5.41) is 3.30. The van der Waals surface area contributed by atoms with E-state index in [2.05, 4.69) is 37.2 Å². The number of halogens is 3. The summed E-state index contributed by atoms with van der Waals surface area (Å²) in [5.74, 6) is -0.285. The highest BCUT2D eigenvalue weighted by atomic mass is 79.9. The van der Waals surface area contributed by atoms with E-state index in [4.69, 9.17) is 5.73 Å². The van der Waals surface area contributed by atoms with E-state index in [1.807, 2.05) is 30.3 Å². The summed E-state index contributed by atoms with van der Waals surface area (Å²) in [5.41, 5.74) is 7.53. The summed E-state index contributed by atoms with van der Waals surface area (Å²) in [7, 11) is 0. The molecule has 0 aromatic heterocycles. The lowest BCUT2D eigenvalue weighted by molar-refractivity contribution is 0.615. The molecule has 0 saturated heterocycles. The van der Waals surface area contributed by atoms with Crippen LogP contribution in [0.4, 0.5) is 10.1 Å². The molecule has 0 aliphatic rings. The van der Waals surface area contributed by atoms with Crippen LogP contribution < -0.4 is 11.1 Å². The number of hydrogen-bond acceptors (Lipinski definition) is 2. The van der Waals surface area contributed by atoms with Gasteiger partial charge in [0.1, 0.15) is 5.82 Å². The molecule has 0 bridgehead atoms. The molecule has 2 aromatic carbocycles. The first-order valence-electron chi connectivity index (χ1n) is 5.77. The molecule has 5 heteroatoms. The second-order valence-electron chi connectivity index (χ2n) is 4.12. The van der Waals surface area contributed by atoms with Crippen LogP contribution in [0.15, 0.2) is 51.4 Å². The first-order valence-corrected chi connectivity index (χ1v) is 7.36. The molecular formula is C14H13Br2FN2. The molecule has 0 amide bonds. The summed E-state index contributed by atoms with van der Waals surface area (Å²) in [6.07, 6.45) is 0. The van der Waals surface area contributed by atoms with E-state index in [1.54, 1.807) is 6.07 Å². The third kappa shape index (κ3) is 3.78. The van der Waals surface area contributed by atoms with Crippen molar-refractivity contribution < 1.29 is 4.39 Å². The van der Waals surface area contributed by atoms with Gasteiger partial charge in [0.15, 0.2) is 0 Å². The van der Waals surface area contributed by atoms with Gasteiger partial charge >= 0.3 is 0 Å². The van der Waals surface area contributed by atoms with Gasteiger partial charge in [-0.15, -0.1) is 0 Å². The maximum atomic E-state index is 13.6. The largest absolute Gasteiger partial charge is 0.377 e. The minimum atomic E-state index is -0.285. The van der Waals surface area contributed by atoms with Crippen molar-refractivity contribution in [2.75, 3.05) is 11.9 Å². The molecule has 0 aliphatic carbocycles. The Kier molecular flexibility index (Phi) is 4.96. The van der Waals surface area contributed by atoms with E-state index in [0.717, 1.165) is 15.7 Å². The molecular weight excluding hydrogens is 375 g/mol. The highest BCUT2D eigenvalue weighted by Crippen LogP contribution is 2.24. The first-order chi connectivity index (χ1) is 9.10. The van der Waals surface area contributed by atoms with Gasteiger partial charge in [0.25, 0.3) is 0 Å². The van der Waals surface area contributed by atoms with Gasteiger partial charge in [0.05, 0.1) is 10.5 Å². The van der Waals surface area contributed by atoms with E-state index in [9.17, 15) is 4.39 Å². The maximum absolute atomic E-state index is 13.6. The van der Waals surface area contributed by atoms with Gasteiger partial charge in [-0.25, -0.2) is 4.39 Å². The average molecular weight is 388 g/mol. The minimum Gasteiger partial charge on any atom is -0.377 e. The van der Waals surface area contributed by atoms with Crippen LogP contribution in [0.3, 0.4) is 0 Å². The number of benzene rings is 2. The molecule has 1 atom stereocenters. The first kappa shape index (κ1) is 14.5. The Morgan fingerprint density at radius 1 is 1.16 bits per heavy atom. The van der Waals surface area contributed by atoms with Crippen LogP contribution in [0.5, 0.6) is 0 Å². The van der Waals surface area contributed by atoms with Crippen molar-refractivity contribution in [2.45, 2.75) is 6.04 Å². The van der Waals surface area contributed by atoms with Crippen LogP contribution in [0.2, 0.25) is 0 Å². The highest BCUT2D eigenvalue weighted by Gasteiger charge is 2.11. The average Bonchev–Trinajstić information content (AvgIpc) is 2.39. The summed E-state index contributed by atoms with van der Waals surface area (Å²) < 4.78 is 15.0. The summed E-state index contributed by atoms with van der Waals surface area (Å²) in [6, 6.07) is 12.7. The fourth-order valence-electron chi connectivity index (χ4n) is 1.79. The summed E-state index contributed by atoms with van der Waals surface area (Å²) >= 11 is 6.56. The smallest absolute Gasteiger partial charge is 0.137 e. The Hall–Kier alpha value is -0.910. The van der Waals surface area contributed by atoms with Crippen LogP contribution in [-0.2, 0) is 0 Å². The Labute approximate surface area is 128 Å². The van der Waals surface area contributed by atoms with Crippen molar-refractivity contribution in [3.8, 4) is 0 Å². The predicted octanol–water partition coefficient (Wildman–Crippen LogP) is 4.46. The van der Waals surface area contributed by atoms with Crippen LogP contribution in [0.1, 0.15) is 11.6 Å². The molecule has 0 aliphatic heterocycles. The standard InChI is InChI=1S/C14H13Br2FN2/c15-10-2-1-3-11(7-10)19-14(8-18)9-4-5-12(16)13(17)6-9/h1-7,14,19H,8,18H2. The Balaban J connectivity index is 2.22. The van der Waals surface area contributed by atoms with Gasteiger partial charge in [0, 0.05) is 16.7 Å². The van der Waals surface area contributed by atoms with Gasteiger partial charge in [-0.1, -0.05) is 28.1 Å². The highest BCUT2D eigenvalue weighted by molar-refractivity contribution is 9.10. The molecule has 0 heterocycles. The van der Waals surface area contributed by atoms with E-state index in [0.29, 0.717) is 11.0 Å². The molecule has 0 saturated carbocycles. The SMILES string of the molecule is NCC(Nc1cccc(Br)c1)c1ccc(Br)c(F)c1. The van der Waals surface area contributed by atoms with E-state index in [1.165, 1.54) is 6.07 Å². The summed E-state index contributed by atoms with van der Waals surface area (Å²) in [6.45, 7) is 0.383. The minimum absolute atomic E-state index is 0.128. The van der Waals surface area contributed by atoms with Gasteiger partial charge in [-0.2, -0.15) is 0 Å². The molecule has 19 heavy (non-hydrogen) atoms. The quantitative estimate of drug-likeness (QED) is 0.812. The molecule has 3 N–H and O–H groups in total. The lowest BCUT2D eigenvalue weighted by atomic mass is 10.1. The Morgan fingerprint density at radius 3 is 2.58 bits per heavy atom. The van der Waals surface area contributed by atoms with Crippen LogP contribution >= 0.6 is 31.9 Å². The molecule has 0 radical (unpaired) electrons. The molecule has 0 spiro atoms. The lowest BCUT2D eigenvalue weighted by Crippen LogP contribution is -2.20. The fourth-order valence-corrected chi connectivity index (χ4v) is 2.43. The van der Waals surface area contributed by atoms with E-state index in [-0.39, 0.29) is 11.9 Å². The van der Waals surface area contributed by atoms with E-state index < -0.39 is 0 Å². The zero-order valence-electron chi connectivity index (χ0n) is 10.0. The molecule has 0 fully saturated rings. The number of nitrogens with two attached hydrogens (primary N) is 1. The Bertz CT molecular complexity index is 575. The van der Waals surface area contributed by atoms with Crippen molar-refractivity contribution in [2.24, 2.45) is 5.73 Å². The van der Waals surface area contributed by atoms with Gasteiger partial charge in [-0.3, -0.25) is 0 Å². The molecule has 2 nitrogen and oxygen atoms in total. The Morgan fingerprint density at radius 2 is 1.95 bits per heavy atom. The number of rotatable bonds is 4. The lowest BCUT2D eigenvalue weighted by Gasteiger charge is -2.19. The predicted molar refractivity (Wildman–Crippen MR) is 83.7 cm³/mol. The van der Waals surface area contributed by atoms with Crippen LogP contribution in [0, 0.1) is 5.82 Å². The third-order valence-corrected chi connectivity index (χ3v) is 3.88. The number of anilines is 1. The maximum Gasteiger partial charge on any atom is 0.137 e. The fraction of sp³-hybridized carbons (Fsp3) is 0.143. The zero-order valence-corrected chi connectivity index (χ0v) is 13.2. The topological polar surface area (TPSA) is 38.0 Å². The molecule has 1 unspecified atom stereocenters. The summed E-state index contributed by atoms with van der Waals surface area (Å²) in [4.78, 5) is 0.